The van der Waals surface area contributed by atoms with Crippen LogP contribution in [0.3, 0.4) is 0 Å². The van der Waals surface area contributed by atoms with Gasteiger partial charge in [0.05, 0.1) is 5.03 Å². The summed E-state index contributed by atoms with van der Waals surface area (Å²) in [6.07, 6.45) is 5.18. The first-order valence-electron chi connectivity index (χ1n) is 3.31. The van der Waals surface area contributed by atoms with Crippen molar-refractivity contribution in [3.05, 3.63) is 40.9 Å². The average molecular weight is 197 g/mol. The first kappa shape index (κ1) is 9.19. The van der Waals surface area contributed by atoms with Crippen molar-refractivity contribution in [3.63, 3.8) is 0 Å². The van der Waals surface area contributed by atoms with Gasteiger partial charge in [-0.15, -0.1) is 6.42 Å². The molecule has 0 saturated heterocycles. The molecule has 0 aliphatic rings. The van der Waals surface area contributed by atoms with Crippen LogP contribution in [0, 0.1) is 12.3 Å². The molecule has 1 aromatic rings. The lowest BCUT2D eigenvalue weighted by molar-refractivity contribution is 1.61. The van der Waals surface area contributed by atoms with E-state index in [0.29, 0.717) is 5.03 Å². The Bertz CT molecular complexity index is 328. The third-order valence-corrected chi connectivity index (χ3v) is 2.08. The maximum atomic E-state index is 5.76. The molecule has 0 aliphatic carbocycles. The number of hydrogen-bond donors (Lipinski definition) is 0. The summed E-state index contributed by atoms with van der Waals surface area (Å²) in [6.45, 7) is 0. The minimum atomic E-state index is 0.514. The van der Waals surface area contributed by atoms with Crippen LogP contribution in [-0.4, -0.2) is 0 Å². The molecule has 0 aromatic heterocycles. The van der Waals surface area contributed by atoms with E-state index in [-0.39, 0.29) is 0 Å². The number of rotatable bonds is 1. The van der Waals surface area contributed by atoms with E-state index >= 15 is 0 Å². The predicted octanol–water partition coefficient (Wildman–Crippen LogP) is 3.44. The zero-order valence-electron chi connectivity index (χ0n) is 6.22. The molecule has 2 heteroatoms. The summed E-state index contributed by atoms with van der Waals surface area (Å²) in [5, 5.41) is 0.514. The fourth-order valence-electron chi connectivity index (χ4n) is 0.789. The van der Waals surface area contributed by atoms with Crippen LogP contribution in [-0.2, 0) is 0 Å². The van der Waals surface area contributed by atoms with Crippen LogP contribution in [0.2, 0.25) is 0 Å². The fraction of sp³-hybridized carbons (Fsp3) is 0. The highest BCUT2D eigenvalue weighted by molar-refractivity contribution is 6.52. The van der Waals surface area contributed by atoms with Gasteiger partial charge in [0.15, 0.2) is 0 Å². The quantitative estimate of drug-likeness (QED) is 0.605. The van der Waals surface area contributed by atoms with Crippen molar-refractivity contribution in [1.82, 2.24) is 0 Å². The molecule has 0 aliphatic heterocycles. The third kappa shape index (κ3) is 2.04. The Hall–Kier alpha value is -0.900. The van der Waals surface area contributed by atoms with Crippen LogP contribution in [0.1, 0.15) is 11.1 Å². The number of hydrogen-bond acceptors (Lipinski definition) is 0. The molecule has 0 bridgehead atoms. The maximum absolute atomic E-state index is 5.76. The Labute approximate surface area is 81.8 Å². The Morgan fingerprint density at radius 2 is 1.92 bits per heavy atom. The second-order valence-electron chi connectivity index (χ2n) is 2.18. The monoisotopic (exact) mass is 196 g/mol. The lowest BCUT2D eigenvalue weighted by Gasteiger charge is -1.96. The minimum absolute atomic E-state index is 0.514. The van der Waals surface area contributed by atoms with Crippen molar-refractivity contribution in [2.45, 2.75) is 0 Å². The molecular weight excluding hydrogens is 191 g/mol. The Balaban J connectivity index is 3.02. The van der Waals surface area contributed by atoms with Crippen molar-refractivity contribution in [2.24, 2.45) is 0 Å². The summed E-state index contributed by atoms with van der Waals surface area (Å²) in [4.78, 5) is 0. The lowest BCUT2D eigenvalue weighted by atomic mass is 10.1. The Morgan fingerprint density at radius 1 is 1.33 bits per heavy atom. The van der Waals surface area contributed by atoms with Crippen molar-refractivity contribution in [3.8, 4) is 12.3 Å². The fourth-order valence-corrected chi connectivity index (χ4v) is 1.04. The standard InChI is InChI=1S/C10H6Cl2/c1-2-8-3-5-9(6-4-8)10(12)7-11/h1,3-7H/b10-7+. The highest BCUT2D eigenvalue weighted by Crippen LogP contribution is 2.19. The van der Waals surface area contributed by atoms with Crippen molar-refractivity contribution in [2.75, 3.05) is 0 Å². The van der Waals surface area contributed by atoms with E-state index in [1.54, 1.807) is 0 Å². The lowest BCUT2D eigenvalue weighted by Crippen LogP contribution is -1.77. The maximum Gasteiger partial charge on any atom is 0.0591 e. The van der Waals surface area contributed by atoms with E-state index < -0.39 is 0 Å². The minimum Gasteiger partial charge on any atom is -0.115 e. The molecule has 1 rings (SSSR count). The second kappa shape index (κ2) is 4.21. The number of benzene rings is 1. The largest absolute Gasteiger partial charge is 0.115 e. The molecule has 0 fully saturated rings. The molecule has 12 heavy (non-hydrogen) atoms. The van der Waals surface area contributed by atoms with Crippen molar-refractivity contribution < 1.29 is 0 Å². The van der Waals surface area contributed by atoms with Crippen LogP contribution in [0.4, 0.5) is 0 Å². The summed E-state index contributed by atoms with van der Waals surface area (Å²) in [7, 11) is 0. The van der Waals surface area contributed by atoms with Gasteiger partial charge in [0.2, 0.25) is 0 Å². The summed E-state index contributed by atoms with van der Waals surface area (Å²) in [5.74, 6) is 2.52. The van der Waals surface area contributed by atoms with Gasteiger partial charge in [-0.2, -0.15) is 0 Å². The van der Waals surface area contributed by atoms with Gasteiger partial charge in [0.1, 0.15) is 0 Å². The summed E-state index contributed by atoms with van der Waals surface area (Å²) in [6, 6.07) is 7.29. The molecule has 1 aromatic carbocycles. The summed E-state index contributed by atoms with van der Waals surface area (Å²) in [5.41, 5.74) is 3.02. The normalized spacial score (nSPS) is 10.9. The zero-order valence-corrected chi connectivity index (χ0v) is 7.73. The number of terminal acetylenes is 1. The highest BCUT2D eigenvalue weighted by atomic mass is 35.5. The molecule has 0 amide bonds. The van der Waals surface area contributed by atoms with E-state index in [1.165, 1.54) is 5.54 Å². The van der Waals surface area contributed by atoms with Gasteiger partial charge >= 0.3 is 0 Å². The molecule has 0 radical (unpaired) electrons. The number of halogens is 2. The predicted molar refractivity (Wildman–Crippen MR) is 54.1 cm³/mol. The SMILES string of the molecule is C#Cc1ccc(/C(Cl)=C\Cl)cc1. The first-order valence-corrected chi connectivity index (χ1v) is 4.12. The van der Waals surface area contributed by atoms with Gasteiger partial charge < -0.3 is 0 Å². The van der Waals surface area contributed by atoms with Crippen LogP contribution in [0.15, 0.2) is 29.8 Å². The molecule has 0 saturated carbocycles. The molecule has 0 unspecified atom stereocenters. The van der Waals surface area contributed by atoms with Crippen molar-refractivity contribution >= 4 is 28.2 Å². The topological polar surface area (TPSA) is 0 Å². The molecule has 0 spiro atoms. The van der Waals surface area contributed by atoms with Crippen LogP contribution >= 0.6 is 23.2 Å². The summed E-state index contributed by atoms with van der Waals surface area (Å²) >= 11 is 11.2. The smallest absolute Gasteiger partial charge is 0.0591 e. The van der Waals surface area contributed by atoms with Gasteiger partial charge in [-0.25, -0.2) is 0 Å². The van der Waals surface area contributed by atoms with Gasteiger partial charge in [0, 0.05) is 11.1 Å². The van der Waals surface area contributed by atoms with E-state index in [9.17, 15) is 0 Å². The van der Waals surface area contributed by atoms with Gasteiger partial charge in [0.25, 0.3) is 0 Å². The molecular formula is C10H6Cl2. The molecule has 0 nitrogen and oxygen atoms in total. The highest BCUT2D eigenvalue weighted by Gasteiger charge is 1.95. The molecule has 0 N–H and O–H groups in total. The van der Waals surface area contributed by atoms with Gasteiger partial charge in [-0.05, 0) is 17.7 Å². The van der Waals surface area contributed by atoms with Gasteiger partial charge in [-0.3, -0.25) is 0 Å². The van der Waals surface area contributed by atoms with E-state index in [0.717, 1.165) is 11.1 Å². The van der Waals surface area contributed by atoms with Gasteiger partial charge in [-0.1, -0.05) is 41.3 Å². The zero-order chi connectivity index (χ0) is 8.97. The van der Waals surface area contributed by atoms with Crippen LogP contribution in [0.25, 0.3) is 5.03 Å². The third-order valence-electron chi connectivity index (χ3n) is 1.42. The van der Waals surface area contributed by atoms with E-state index in [4.69, 9.17) is 29.6 Å². The Morgan fingerprint density at radius 3 is 2.33 bits per heavy atom. The molecule has 0 atom stereocenters. The Kier molecular flexibility index (Phi) is 3.22. The second-order valence-corrected chi connectivity index (χ2v) is 2.80. The summed E-state index contributed by atoms with van der Waals surface area (Å²) < 4.78 is 0. The van der Waals surface area contributed by atoms with Crippen molar-refractivity contribution in [1.29, 1.82) is 0 Å². The van der Waals surface area contributed by atoms with Crippen LogP contribution < -0.4 is 0 Å². The molecule has 0 heterocycles. The van der Waals surface area contributed by atoms with Crippen LogP contribution in [0.5, 0.6) is 0 Å². The average Bonchev–Trinajstić information content (AvgIpc) is 2.17. The van der Waals surface area contributed by atoms with E-state index in [2.05, 4.69) is 5.92 Å². The first-order chi connectivity index (χ1) is 5.77. The van der Waals surface area contributed by atoms with E-state index in [1.807, 2.05) is 24.3 Å². The molecule has 60 valence electrons.